The zero-order valence-electron chi connectivity index (χ0n) is 11.1. The number of carbonyl (C=O) groups is 1. The van der Waals surface area contributed by atoms with Crippen LogP contribution in [0.5, 0.6) is 0 Å². The summed E-state index contributed by atoms with van der Waals surface area (Å²) in [5.41, 5.74) is 1.34. The predicted molar refractivity (Wildman–Crippen MR) is 84.8 cm³/mol. The zero-order chi connectivity index (χ0) is 15.5. The van der Waals surface area contributed by atoms with Crippen LogP contribution < -0.4 is 5.32 Å². The van der Waals surface area contributed by atoms with E-state index in [1.807, 2.05) is 24.3 Å². The van der Waals surface area contributed by atoms with Crippen LogP contribution in [0.2, 0.25) is 5.02 Å². The second kappa shape index (κ2) is 6.29. The fraction of sp³-hybridized carbons (Fsp3) is 0.0769. The van der Waals surface area contributed by atoms with Crippen molar-refractivity contribution in [2.45, 2.75) is 6.54 Å². The van der Waals surface area contributed by atoms with Gasteiger partial charge in [-0.2, -0.15) is 5.10 Å². The number of anilines is 1. The highest BCUT2D eigenvalue weighted by Crippen LogP contribution is 2.14. The van der Waals surface area contributed by atoms with E-state index in [0.29, 0.717) is 21.7 Å². The van der Waals surface area contributed by atoms with Crippen LogP contribution in [0.3, 0.4) is 0 Å². The van der Waals surface area contributed by atoms with E-state index in [-0.39, 0.29) is 11.9 Å². The van der Waals surface area contributed by atoms with Crippen molar-refractivity contribution in [1.82, 2.24) is 25.0 Å². The molecular formula is C13H10BrClN6O. The van der Waals surface area contributed by atoms with E-state index in [1.54, 1.807) is 11.0 Å². The standard InChI is InChI=1S/C13H10BrClN6O/c14-10-5-17-19-11(10)12(22)18-13-16-7-21(20-13)6-8-1-3-9(15)4-2-8/h1-5,7H,6H2,(H,17,19)(H,18,20,22). The number of hydrogen-bond donors (Lipinski definition) is 2. The highest BCUT2D eigenvalue weighted by molar-refractivity contribution is 9.10. The Hall–Kier alpha value is -2.19. The van der Waals surface area contributed by atoms with Gasteiger partial charge >= 0.3 is 0 Å². The Morgan fingerprint density at radius 3 is 2.82 bits per heavy atom. The number of halogens is 2. The maximum Gasteiger partial charge on any atom is 0.277 e. The van der Waals surface area contributed by atoms with Crippen molar-refractivity contribution >= 4 is 39.4 Å². The van der Waals surface area contributed by atoms with Crippen LogP contribution in [0.25, 0.3) is 0 Å². The van der Waals surface area contributed by atoms with E-state index in [2.05, 4.69) is 41.5 Å². The number of amides is 1. The summed E-state index contributed by atoms with van der Waals surface area (Å²) in [6, 6.07) is 7.44. The largest absolute Gasteiger partial charge is 0.288 e. The van der Waals surface area contributed by atoms with Crippen molar-refractivity contribution < 1.29 is 4.79 Å². The fourth-order valence-electron chi connectivity index (χ4n) is 1.80. The first kappa shape index (κ1) is 14.7. The normalized spacial score (nSPS) is 10.6. The van der Waals surface area contributed by atoms with E-state index in [0.717, 1.165) is 5.56 Å². The summed E-state index contributed by atoms with van der Waals surface area (Å²) >= 11 is 9.07. The average Bonchev–Trinajstić information content (AvgIpc) is 3.10. The minimum absolute atomic E-state index is 0.223. The summed E-state index contributed by atoms with van der Waals surface area (Å²) in [5, 5.41) is 13.8. The average molecular weight is 382 g/mol. The number of nitrogens with one attached hydrogen (secondary N) is 2. The lowest BCUT2D eigenvalue weighted by Crippen LogP contribution is -2.14. The van der Waals surface area contributed by atoms with Gasteiger partial charge in [-0.15, -0.1) is 5.10 Å². The van der Waals surface area contributed by atoms with Gasteiger partial charge in [-0.1, -0.05) is 23.7 Å². The third kappa shape index (κ3) is 3.34. The molecule has 0 aliphatic heterocycles. The highest BCUT2D eigenvalue weighted by Gasteiger charge is 2.14. The molecule has 0 fully saturated rings. The van der Waals surface area contributed by atoms with Gasteiger partial charge in [0, 0.05) is 5.02 Å². The Bertz CT molecular complexity index is 797. The summed E-state index contributed by atoms with van der Waals surface area (Å²) < 4.78 is 2.20. The number of aromatic amines is 1. The van der Waals surface area contributed by atoms with Crippen LogP contribution in [0, 0.1) is 0 Å². The Morgan fingerprint density at radius 1 is 1.36 bits per heavy atom. The molecule has 0 atom stereocenters. The molecule has 0 bridgehead atoms. The summed E-state index contributed by atoms with van der Waals surface area (Å²) in [4.78, 5) is 16.0. The molecule has 0 radical (unpaired) electrons. The second-order valence-corrected chi connectivity index (χ2v) is 5.73. The van der Waals surface area contributed by atoms with Gasteiger partial charge < -0.3 is 0 Å². The van der Waals surface area contributed by atoms with Crippen LogP contribution in [0.1, 0.15) is 16.1 Å². The van der Waals surface area contributed by atoms with Crippen molar-refractivity contribution in [1.29, 1.82) is 0 Å². The Kier molecular flexibility index (Phi) is 4.21. The van der Waals surface area contributed by atoms with Crippen LogP contribution in [-0.2, 0) is 6.54 Å². The van der Waals surface area contributed by atoms with Gasteiger partial charge in [-0.05, 0) is 33.6 Å². The molecule has 1 aromatic carbocycles. The lowest BCUT2D eigenvalue weighted by atomic mass is 10.2. The molecule has 22 heavy (non-hydrogen) atoms. The van der Waals surface area contributed by atoms with Crippen LogP contribution in [-0.4, -0.2) is 30.9 Å². The molecule has 112 valence electrons. The van der Waals surface area contributed by atoms with Gasteiger partial charge in [-0.25, -0.2) is 9.67 Å². The third-order valence-corrected chi connectivity index (χ3v) is 3.69. The Labute approximate surface area is 138 Å². The monoisotopic (exact) mass is 380 g/mol. The minimum atomic E-state index is -0.367. The summed E-state index contributed by atoms with van der Waals surface area (Å²) in [6.45, 7) is 0.536. The van der Waals surface area contributed by atoms with E-state index >= 15 is 0 Å². The molecule has 9 heteroatoms. The molecule has 2 N–H and O–H groups in total. The van der Waals surface area contributed by atoms with Gasteiger partial charge in [0.2, 0.25) is 5.95 Å². The third-order valence-electron chi connectivity index (χ3n) is 2.84. The van der Waals surface area contributed by atoms with E-state index < -0.39 is 0 Å². The lowest BCUT2D eigenvalue weighted by Gasteiger charge is -2.01. The number of hydrogen-bond acceptors (Lipinski definition) is 4. The first-order valence-corrected chi connectivity index (χ1v) is 7.43. The summed E-state index contributed by atoms with van der Waals surface area (Å²) in [6.07, 6.45) is 3.05. The number of H-pyrrole nitrogens is 1. The molecule has 0 aliphatic rings. The molecule has 3 aromatic rings. The molecule has 3 rings (SSSR count). The molecule has 0 saturated heterocycles. The number of benzene rings is 1. The first-order valence-electron chi connectivity index (χ1n) is 6.26. The second-order valence-electron chi connectivity index (χ2n) is 4.44. The molecule has 0 aliphatic carbocycles. The molecule has 0 saturated carbocycles. The Balaban J connectivity index is 1.67. The van der Waals surface area contributed by atoms with Gasteiger partial charge in [0.15, 0.2) is 0 Å². The number of nitrogens with zero attached hydrogens (tertiary/aromatic N) is 4. The molecule has 2 heterocycles. The van der Waals surface area contributed by atoms with Crippen molar-refractivity contribution in [3.8, 4) is 0 Å². The highest BCUT2D eigenvalue weighted by atomic mass is 79.9. The number of rotatable bonds is 4. The molecule has 0 spiro atoms. The van der Waals surface area contributed by atoms with E-state index in [1.165, 1.54) is 6.20 Å². The van der Waals surface area contributed by atoms with E-state index in [4.69, 9.17) is 11.6 Å². The molecule has 0 unspecified atom stereocenters. The molecule has 2 aromatic heterocycles. The smallest absolute Gasteiger partial charge is 0.277 e. The first-order chi connectivity index (χ1) is 10.6. The van der Waals surface area contributed by atoms with Crippen molar-refractivity contribution in [3.63, 3.8) is 0 Å². The van der Waals surface area contributed by atoms with Crippen molar-refractivity contribution in [2.24, 2.45) is 0 Å². The molecule has 7 nitrogen and oxygen atoms in total. The van der Waals surface area contributed by atoms with Crippen LogP contribution >= 0.6 is 27.5 Å². The Morgan fingerprint density at radius 2 is 2.14 bits per heavy atom. The van der Waals surface area contributed by atoms with Crippen molar-refractivity contribution in [2.75, 3.05) is 5.32 Å². The van der Waals surface area contributed by atoms with Gasteiger partial charge in [0.1, 0.15) is 12.0 Å². The van der Waals surface area contributed by atoms with Crippen LogP contribution in [0.4, 0.5) is 5.95 Å². The predicted octanol–water partition coefficient (Wildman–Crippen LogP) is 2.72. The maximum absolute atomic E-state index is 12.0. The van der Waals surface area contributed by atoms with Gasteiger partial charge in [0.05, 0.1) is 17.2 Å². The topological polar surface area (TPSA) is 88.5 Å². The van der Waals surface area contributed by atoms with Crippen LogP contribution in [0.15, 0.2) is 41.3 Å². The van der Waals surface area contributed by atoms with Gasteiger partial charge in [-0.3, -0.25) is 15.2 Å². The zero-order valence-corrected chi connectivity index (χ0v) is 13.5. The van der Waals surface area contributed by atoms with E-state index in [9.17, 15) is 4.79 Å². The molecular weight excluding hydrogens is 372 g/mol. The fourth-order valence-corrected chi connectivity index (χ4v) is 2.30. The minimum Gasteiger partial charge on any atom is -0.288 e. The van der Waals surface area contributed by atoms with Gasteiger partial charge in [0.25, 0.3) is 5.91 Å². The maximum atomic E-state index is 12.0. The quantitative estimate of drug-likeness (QED) is 0.727. The molecule has 1 amide bonds. The van der Waals surface area contributed by atoms with Crippen molar-refractivity contribution in [3.05, 3.63) is 57.5 Å². The summed E-state index contributed by atoms with van der Waals surface area (Å²) in [5.74, 6) is -0.144. The number of aromatic nitrogens is 5. The number of carbonyl (C=O) groups excluding carboxylic acids is 1. The SMILES string of the molecule is O=C(Nc1ncn(Cc2ccc(Cl)cc2)n1)c1[nH]ncc1Br. The lowest BCUT2D eigenvalue weighted by molar-refractivity contribution is 0.102. The summed E-state index contributed by atoms with van der Waals surface area (Å²) in [7, 11) is 0.